The number of nitrogens with one attached hydrogen (secondary N) is 1. The maximum absolute atomic E-state index is 5.99. The Hall–Kier alpha value is -1.22. The van der Waals surface area contributed by atoms with E-state index in [9.17, 15) is 0 Å². The number of benzene rings is 1. The van der Waals surface area contributed by atoms with Crippen LogP contribution in [0.3, 0.4) is 0 Å². The molecule has 0 spiro atoms. The van der Waals surface area contributed by atoms with E-state index >= 15 is 0 Å². The average molecular weight is 278 g/mol. The smallest absolute Gasteiger partial charge is 0.142 e. The van der Waals surface area contributed by atoms with E-state index in [1.807, 2.05) is 19.1 Å². The maximum atomic E-state index is 5.99. The van der Waals surface area contributed by atoms with E-state index < -0.39 is 0 Å². The highest BCUT2D eigenvalue weighted by Gasteiger charge is 2.06. The minimum atomic E-state index is 0.481. The molecule has 0 fully saturated rings. The molecule has 3 heteroatoms. The fourth-order valence-corrected chi connectivity index (χ4v) is 2.34. The molecule has 3 nitrogen and oxygen atoms in total. The Balaban J connectivity index is 2.34. The summed E-state index contributed by atoms with van der Waals surface area (Å²) < 4.78 is 5.46. The molecule has 0 bridgehead atoms. The summed E-state index contributed by atoms with van der Waals surface area (Å²) >= 11 is 0. The molecule has 20 heavy (non-hydrogen) atoms. The molecule has 0 aliphatic rings. The van der Waals surface area contributed by atoms with Crippen molar-refractivity contribution in [1.29, 1.82) is 0 Å². The van der Waals surface area contributed by atoms with Gasteiger partial charge in [0.25, 0.3) is 0 Å². The molecule has 0 heterocycles. The molecule has 0 saturated carbocycles. The summed E-state index contributed by atoms with van der Waals surface area (Å²) in [4.78, 5) is 0. The third-order valence-electron chi connectivity index (χ3n) is 3.44. The van der Waals surface area contributed by atoms with Gasteiger partial charge < -0.3 is 15.8 Å². The van der Waals surface area contributed by atoms with Crippen molar-refractivity contribution in [3.8, 4) is 5.75 Å². The highest BCUT2D eigenvalue weighted by atomic mass is 16.5. The topological polar surface area (TPSA) is 47.3 Å². The third-order valence-corrected chi connectivity index (χ3v) is 3.44. The van der Waals surface area contributed by atoms with Crippen LogP contribution < -0.4 is 15.8 Å². The van der Waals surface area contributed by atoms with Crippen LogP contribution in [0.25, 0.3) is 0 Å². The van der Waals surface area contributed by atoms with Crippen molar-refractivity contribution >= 4 is 5.69 Å². The zero-order valence-corrected chi connectivity index (χ0v) is 13.2. The second kappa shape index (κ2) is 9.65. The predicted octanol–water partition coefficient (Wildman–Crippen LogP) is 3.77. The Morgan fingerprint density at radius 3 is 2.65 bits per heavy atom. The van der Waals surface area contributed by atoms with Gasteiger partial charge in [0, 0.05) is 6.04 Å². The molecule has 0 aliphatic carbocycles. The standard InChI is InChI=1S/C17H30N2O/c1-4-6-7-8-11-19-14(3)12-15-9-10-17(20-5-2)16(18)13-15/h9-10,13-14,19H,4-8,11-12,18H2,1-3H3. The van der Waals surface area contributed by atoms with Gasteiger partial charge in [0.1, 0.15) is 5.75 Å². The summed E-state index contributed by atoms with van der Waals surface area (Å²) in [6.07, 6.45) is 6.23. The van der Waals surface area contributed by atoms with Crippen LogP contribution in [0.2, 0.25) is 0 Å². The summed E-state index contributed by atoms with van der Waals surface area (Å²) in [5.74, 6) is 0.788. The first-order chi connectivity index (χ1) is 9.67. The second-order valence-electron chi connectivity index (χ2n) is 5.43. The molecule has 3 N–H and O–H groups in total. The number of rotatable bonds is 10. The highest BCUT2D eigenvalue weighted by molar-refractivity contribution is 5.54. The van der Waals surface area contributed by atoms with Crippen molar-refractivity contribution in [2.75, 3.05) is 18.9 Å². The monoisotopic (exact) mass is 278 g/mol. The molecular weight excluding hydrogens is 248 g/mol. The summed E-state index contributed by atoms with van der Waals surface area (Å²) in [6, 6.07) is 6.59. The van der Waals surface area contributed by atoms with E-state index in [1.54, 1.807) is 0 Å². The minimum absolute atomic E-state index is 0.481. The average Bonchev–Trinajstić information content (AvgIpc) is 2.42. The molecule has 1 aromatic carbocycles. The van der Waals surface area contributed by atoms with Crippen LogP contribution in [0.15, 0.2) is 18.2 Å². The number of anilines is 1. The van der Waals surface area contributed by atoms with Crippen molar-refractivity contribution in [2.24, 2.45) is 0 Å². The number of ether oxygens (including phenoxy) is 1. The van der Waals surface area contributed by atoms with Crippen LogP contribution >= 0.6 is 0 Å². The lowest BCUT2D eigenvalue weighted by Gasteiger charge is -2.15. The highest BCUT2D eigenvalue weighted by Crippen LogP contribution is 2.23. The molecule has 114 valence electrons. The summed E-state index contributed by atoms with van der Waals surface area (Å²) in [7, 11) is 0. The number of nitrogens with two attached hydrogens (primary N) is 1. The van der Waals surface area contributed by atoms with Crippen LogP contribution in [-0.4, -0.2) is 19.2 Å². The lowest BCUT2D eigenvalue weighted by Crippen LogP contribution is -2.29. The van der Waals surface area contributed by atoms with Crippen LogP contribution in [0.5, 0.6) is 5.75 Å². The fraction of sp³-hybridized carbons (Fsp3) is 0.647. The van der Waals surface area contributed by atoms with Crippen molar-refractivity contribution in [3.05, 3.63) is 23.8 Å². The summed E-state index contributed by atoms with van der Waals surface area (Å²) in [6.45, 7) is 8.20. The molecule has 0 radical (unpaired) electrons. The molecule has 1 aromatic rings. The van der Waals surface area contributed by atoms with Crippen molar-refractivity contribution in [3.63, 3.8) is 0 Å². The molecule has 1 atom stereocenters. The van der Waals surface area contributed by atoms with Gasteiger partial charge in [0.2, 0.25) is 0 Å². The molecule has 0 amide bonds. The van der Waals surface area contributed by atoms with E-state index in [-0.39, 0.29) is 0 Å². The largest absolute Gasteiger partial charge is 0.492 e. The first kappa shape index (κ1) is 16.8. The molecule has 1 unspecified atom stereocenters. The van der Waals surface area contributed by atoms with Crippen molar-refractivity contribution in [2.45, 2.75) is 58.9 Å². The Kier molecular flexibility index (Phi) is 8.12. The van der Waals surface area contributed by atoms with E-state index in [1.165, 1.54) is 31.2 Å². The number of hydrogen-bond acceptors (Lipinski definition) is 3. The van der Waals surface area contributed by atoms with Gasteiger partial charge in [-0.15, -0.1) is 0 Å². The minimum Gasteiger partial charge on any atom is -0.492 e. The van der Waals surface area contributed by atoms with Gasteiger partial charge in [0.05, 0.1) is 12.3 Å². The summed E-state index contributed by atoms with van der Waals surface area (Å²) in [5.41, 5.74) is 7.99. The number of hydrogen-bond donors (Lipinski definition) is 2. The molecule has 0 saturated heterocycles. The van der Waals surface area contributed by atoms with Gasteiger partial charge in [-0.1, -0.05) is 32.3 Å². The Labute approximate surface area is 123 Å². The number of unbranched alkanes of at least 4 members (excludes halogenated alkanes) is 3. The molecule has 0 aliphatic heterocycles. The van der Waals surface area contributed by atoms with Crippen molar-refractivity contribution < 1.29 is 4.74 Å². The Morgan fingerprint density at radius 1 is 1.20 bits per heavy atom. The lowest BCUT2D eigenvalue weighted by atomic mass is 10.1. The van der Waals surface area contributed by atoms with Crippen LogP contribution in [0, 0.1) is 0 Å². The van der Waals surface area contributed by atoms with Gasteiger partial charge >= 0.3 is 0 Å². The third kappa shape index (κ3) is 6.29. The van der Waals surface area contributed by atoms with E-state index in [4.69, 9.17) is 10.5 Å². The normalized spacial score (nSPS) is 12.3. The molecule has 0 aromatic heterocycles. The van der Waals surface area contributed by atoms with Crippen LogP contribution in [0.1, 0.15) is 52.0 Å². The maximum Gasteiger partial charge on any atom is 0.142 e. The molecular formula is C17H30N2O. The number of nitrogen functional groups attached to an aromatic ring is 1. The van der Waals surface area contributed by atoms with Gasteiger partial charge in [-0.2, -0.15) is 0 Å². The van der Waals surface area contributed by atoms with Crippen molar-refractivity contribution in [1.82, 2.24) is 5.32 Å². The van der Waals surface area contributed by atoms with Gasteiger partial charge in [-0.3, -0.25) is 0 Å². The van der Waals surface area contributed by atoms with Gasteiger partial charge in [-0.05, 0) is 50.9 Å². The fourth-order valence-electron chi connectivity index (χ4n) is 2.34. The second-order valence-corrected chi connectivity index (χ2v) is 5.43. The Morgan fingerprint density at radius 2 is 2.00 bits per heavy atom. The SMILES string of the molecule is CCCCCCNC(C)Cc1ccc(OCC)c(N)c1. The Bertz CT molecular complexity index is 379. The van der Waals surface area contributed by atoms with E-state index in [2.05, 4.69) is 25.2 Å². The van der Waals surface area contributed by atoms with Gasteiger partial charge in [0.15, 0.2) is 0 Å². The van der Waals surface area contributed by atoms with E-state index in [0.29, 0.717) is 12.6 Å². The quantitative estimate of drug-likeness (QED) is 0.506. The van der Waals surface area contributed by atoms with Crippen LogP contribution in [-0.2, 0) is 6.42 Å². The lowest BCUT2D eigenvalue weighted by molar-refractivity contribution is 0.342. The predicted molar refractivity (Wildman–Crippen MR) is 87.3 cm³/mol. The van der Waals surface area contributed by atoms with Crippen LogP contribution in [0.4, 0.5) is 5.69 Å². The summed E-state index contributed by atoms with van der Waals surface area (Å²) in [5, 5.41) is 3.58. The van der Waals surface area contributed by atoms with Gasteiger partial charge in [-0.25, -0.2) is 0 Å². The molecule has 1 rings (SSSR count). The van der Waals surface area contributed by atoms with E-state index in [0.717, 1.165) is 24.4 Å². The first-order valence-electron chi connectivity index (χ1n) is 7.92. The first-order valence-corrected chi connectivity index (χ1v) is 7.92. The zero-order valence-electron chi connectivity index (χ0n) is 13.2. The zero-order chi connectivity index (χ0) is 14.8.